The fourth-order valence-corrected chi connectivity index (χ4v) is 2.58. The fraction of sp³-hybridized carbons (Fsp3) is 0.250. The van der Waals surface area contributed by atoms with Crippen molar-refractivity contribution in [3.63, 3.8) is 0 Å². The second-order valence-corrected chi connectivity index (χ2v) is 4.84. The monoisotopic (exact) mass is 263 g/mol. The highest BCUT2D eigenvalue weighted by Crippen LogP contribution is 2.36. The van der Waals surface area contributed by atoms with Gasteiger partial charge in [0, 0.05) is 29.9 Å². The van der Waals surface area contributed by atoms with Crippen LogP contribution in [0, 0.1) is 0 Å². The van der Waals surface area contributed by atoms with Crippen LogP contribution in [0.25, 0.3) is 0 Å². The number of aromatic nitrogens is 2. The number of hydrogen-bond donors (Lipinski definition) is 2. The van der Waals surface area contributed by atoms with Gasteiger partial charge in [0.25, 0.3) is 0 Å². The topological polar surface area (TPSA) is 73.2 Å². The Bertz CT molecular complexity index is 543. The zero-order valence-corrected chi connectivity index (χ0v) is 10.5. The van der Waals surface area contributed by atoms with Crippen molar-refractivity contribution in [2.45, 2.75) is 10.9 Å². The van der Waals surface area contributed by atoms with Gasteiger partial charge in [0.2, 0.25) is 0 Å². The van der Waals surface area contributed by atoms with Gasteiger partial charge in [-0.15, -0.1) is 0 Å². The average molecular weight is 263 g/mol. The quantitative estimate of drug-likeness (QED) is 0.655. The standard InChI is InChI=1S/C12H13N3O2S/c13-9-6-11-10(16-3-4-17-11)5-8(9)7-18-12-14-1-2-15-12/h1-2,5-6H,3-4,7,13H2,(H,14,15). The van der Waals surface area contributed by atoms with Crippen molar-refractivity contribution in [3.05, 3.63) is 30.1 Å². The second-order valence-electron chi connectivity index (χ2n) is 3.88. The molecule has 0 atom stereocenters. The molecule has 0 saturated heterocycles. The summed E-state index contributed by atoms with van der Waals surface area (Å²) in [6, 6.07) is 3.77. The Morgan fingerprint density at radius 2 is 2.06 bits per heavy atom. The number of benzene rings is 1. The van der Waals surface area contributed by atoms with Crippen molar-refractivity contribution in [3.8, 4) is 11.5 Å². The summed E-state index contributed by atoms with van der Waals surface area (Å²) in [4.78, 5) is 7.20. The zero-order valence-electron chi connectivity index (χ0n) is 9.68. The van der Waals surface area contributed by atoms with Gasteiger partial charge in [-0.1, -0.05) is 11.8 Å². The Balaban J connectivity index is 1.79. The van der Waals surface area contributed by atoms with Gasteiger partial charge in [0.1, 0.15) is 13.2 Å². The van der Waals surface area contributed by atoms with E-state index in [2.05, 4.69) is 9.97 Å². The van der Waals surface area contributed by atoms with Gasteiger partial charge in [-0.3, -0.25) is 0 Å². The van der Waals surface area contributed by atoms with E-state index < -0.39 is 0 Å². The number of H-pyrrole nitrogens is 1. The van der Waals surface area contributed by atoms with Crippen LogP contribution in [-0.2, 0) is 5.75 Å². The molecule has 2 aromatic rings. The van der Waals surface area contributed by atoms with E-state index >= 15 is 0 Å². The van der Waals surface area contributed by atoms with Crippen molar-refractivity contribution in [2.75, 3.05) is 18.9 Å². The van der Waals surface area contributed by atoms with E-state index in [1.807, 2.05) is 12.1 Å². The van der Waals surface area contributed by atoms with Gasteiger partial charge >= 0.3 is 0 Å². The number of rotatable bonds is 3. The third-order valence-electron chi connectivity index (χ3n) is 2.64. The van der Waals surface area contributed by atoms with Crippen LogP contribution in [0.4, 0.5) is 5.69 Å². The first-order valence-corrected chi connectivity index (χ1v) is 6.61. The van der Waals surface area contributed by atoms with E-state index in [1.54, 1.807) is 24.2 Å². The number of imidazole rings is 1. The average Bonchev–Trinajstić information content (AvgIpc) is 2.89. The maximum absolute atomic E-state index is 6.00. The van der Waals surface area contributed by atoms with Crippen LogP contribution in [0.5, 0.6) is 11.5 Å². The lowest BCUT2D eigenvalue weighted by Gasteiger charge is -2.20. The Hall–Kier alpha value is -1.82. The molecule has 0 amide bonds. The largest absolute Gasteiger partial charge is 0.486 e. The van der Waals surface area contributed by atoms with E-state index in [-0.39, 0.29) is 0 Å². The lowest BCUT2D eigenvalue weighted by atomic mass is 10.2. The lowest BCUT2D eigenvalue weighted by Crippen LogP contribution is -2.15. The van der Waals surface area contributed by atoms with Gasteiger partial charge in [-0.2, -0.15) is 0 Å². The molecule has 0 bridgehead atoms. The van der Waals surface area contributed by atoms with Crippen LogP contribution in [-0.4, -0.2) is 23.2 Å². The molecule has 0 fully saturated rings. The number of nitrogens with two attached hydrogens (primary N) is 1. The molecule has 6 heteroatoms. The van der Waals surface area contributed by atoms with Gasteiger partial charge in [0.15, 0.2) is 16.7 Å². The summed E-state index contributed by atoms with van der Waals surface area (Å²) < 4.78 is 11.0. The molecule has 1 aliphatic rings. The molecule has 1 aromatic carbocycles. The first kappa shape index (κ1) is 11.3. The van der Waals surface area contributed by atoms with Crippen molar-refractivity contribution in [2.24, 2.45) is 0 Å². The van der Waals surface area contributed by atoms with E-state index in [0.717, 1.165) is 33.7 Å². The highest BCUT2D eigenvalue weighted by Gasteiger charge is 2.14. The zero-order chi connectivity index (χ0) is 12.4. The normalized spacial score (nSPS) is 13.6. The first-order valence-electron chi connectivity index (χ1n) is 5.63. The SMILES string of the molecule is Nc1cc2c(cc1CSc1ncc[nH]1)OCCO2. The fourth-order valence-electron chi connectivity index (χ4n) is 1.75. The molecule has 0 unspecified atom stereocenters. The van der Waals surface area contributed by atoms with Crippen LogP contribution < -0.4 is 15.2 Å². The molecule has 1 aromatic heterocycles. The van der Waals surface area contributed by atoms with Crippen molar-refractivity contribution in [1.29, 1.82) is 0 Å². The van der Waals surface area contributed by atoms with Crippen molar-refractivity contribution in [1.82, 2.24) is 9.97 Å². The molecule has 18 heavy (non-hydrogen) atoms. The summed E-state index contributed by atoms with van der Waals surface area (Å²) in [7, 11) is 0. The Morgan fingerprint density at radius 1 is 1.28 bits per heavy atom. The minimum Gasteiger partial charge on any atom is -0.486 e. The van der Waals surface area contributed by atoms with E-state index in [4.69, 9.17) is 15.2 Å². The molecule has 3 rings (SSSR count). The number of nitrogens with one attached hydrogen (secondary N) is 1. The maximum Gasteiger partial charge on any atom is 0.165 e. The summed E-state index contributed by atoms with van der Waals surface area (Å²) in [5, 5.41) is 0.879. The second kappa shape index (κ2) is 4.81. The van der Waals surface area contributed by atoms with Crippen molar-refractivity contribution < 1.29 is 9.47 Å². The molecule has 0 saturated carbocycles. The van der Waals surface area contributed by atoms with Crippen molar-refractivity contribution >= 4 is 17.4 Å². The van der Waals surface area contributed by atoms with Crippen LogP contribution >= 0.6 is 11.8 Å². The van der Waals surface area contributed by atoms with Gasteiger partial charge in [-0.25, -0.2) is 4.98 Å². The third-order valence-corrected chi connectivity index (χ3v) is 3.59. The molecule has 0 radical (unpaired) electrons. The predicted molar refractivity (Wildman–Crippen MR) is 70.0 cm³/mol. The lowest BCUT2D eigenvalue weighted by molar-refractivity contribution is 0.171. The maximum atomic E-state index is 6.00. The van der Waals surface area contributed by atoms with Crippen LogP contribution in [0.15, 0.2) is 29.7 Å². The number of hydrogen-bond acceptors (Lipinski definition) is 5. The smallest absolute Gasteiger partial charge is 0.165 e. The molecule has 0 aliphatic carbocycles. The number of nitrogen functional groups attached to an aromatic ring is 1. The minimum atomic E-state index is 0.576. The highest BCUT2D eigenvalue weighted by molar-refractivity contribution is 7.98. The summed E-state index contributed by atoms with van der Waals surface area (Å²) >= 11 is 1.60. The summed E-state index contributed by atoms with van der Waals surface area (Å²) in [5.41, 5.74) is 7.75. The van der Waals surface area contributed by atoms with Gasteiger partial charge in [-0.05, 0) is 11.6 Å². The molecule has 94 valence electrons. The Morgan fingerprint density at radius 3 is 2.78 bits per heavy atom. The number of anilines is 1. The summed E-state index contributed by atoms with van der Waals surface area (Å²) in [6.45, 7) is 1.16. The Labute approximate surface area is 109 Å². The predicted octanol–water partition coefficient (Wildman–Crippen LogP) is 2.06. The van der Waals surface area contributed by atoms with Crippen LogP contribution in [0.3, 0.4) is 0 Å². The first-order chi connectivity index (χ1) is 8.83. The number of fused-ring (bicyclic) bond motifs is 1. The molecule has 3 N–H and O–H groups in total. The third kappa shape index (κ3) is 2.24. The molecular formula is C12H13N3O2S. The van der Waals surface area contributed by atoms with Crippen LogP contribution in [0.1, 0.15) is 5.56 Å². The molecular weight excluding hydrogens is 250 g/mol. The summed E-state index contributed by atoms with van der Waals surface area (Å²) in [6.07, 6.45) is 3.53. The number of aromatic amines is 1. The number of thioether (sulfide) groups is 1. The molecule has 0 spiro atoms. The Kier molecular flexibility index (Phi) is 3.02. The summed E-state index contributed by atoms with van der Waals surface area (Å²) in [5.74, 6) is 2.24. The minimum absolute atomic E-state index is 0.576. The molecule has 1 aliphatic heterocycles. The van der Waals surface area contributed by atoms with E-state index in [1.165, 1.54) is 0 Å². The number of ether oxygens (including phenoxy) is 2. The van der Waals surface area contributed by atoms with Gasteiger partial charge in [0.05, 0.1) is 0 Å². The van der Waals surface area contributed by atoms with Crippen LogP contribution in [0.2, 0.25) is 0 Å². The number of nitrogens with zero attached hydrogens (tertiary/aromatic N) is 1. The molecule has 5 nitrogen and oxygen atoms in total. The van der Waals surface area contributed by atoms with E-state index in [9.17, 15) is 0 Å². The molecule has 2 heterocycles. The van der Waals surface area contributed by atoms with E-state index in [0.29, 0.717) is 13.2 Å². The highest BCUT2D eigenvalue weighted by atomic mass is 32.2. The van der Waals surface area contributed by atoms with Gasteiger partial charge < -0.3 is 20.2 Å².